The number of nitro groups is 1. The topological polar surface area (TPSA) is 113 Å². The number of benzene rings is 1. The van der Waals surface area contributed by atoms with Gasteiger partial charge in [0.05, 0.1) is 21.8 Å². The monoisotopic (exact) mass is 296 g/mol. The minimum atomic E-state index is -1.18. The van der Waals surface area contributed by atoms with Gasteiger partial charge in [-0.15, -0.1) is 0 Å². The van der Waals surface area contributed by atoms with Crippen molar-refractivity contribution in [1.82, 2.24) is 0 Å². The highest BCUT2D eigenvalue weighted by Crippen LogP contribution is 2.24. The van der Waals surface area contributed by atoms with Crippen molar-refractivity contribution in [2.75, 3.05) is 11.9 Å². The number of hydrogen-bond acceptors (Lipinski definition) is 5. The van der Waals surface area contributed by atoms with Crippen molar-refractivity contribution >= 4 is 17.3 Å². The fourth-order valence-corrected chi connectivity index (χ4v) is 2.22. The normalized spacial score (nSPS) is 13.8. The van der Waals surface area contributed by atoms with Crippen LogP contribution in [0.2, 0.25) is 0 Å². The average Bonchev–Trinajstić information content (AvgIpc) is 2.34. The van der Waals surface area contributed by atoms with Crippen LogP contribution in [-0.4, -0.2) is 33.3 Å². The molecule has 0 aliphatic rings. The zero-order valence-electron chi connectivity index (χ0n) is 12.3. The van der Waals surface area contributed by atoms with Gasteiger partial charge in [-0.2, -0.15) is 0 Å². The number of nitrogens with zero attached hydrogens (tertiary/aromatic N) is 1. The molecule has 0 aliphatic carbocycles. The number of hydrogen-bond donors (Lipinski definition) is 3. The smallest absolute Gasteiger partial charge is 0.337 e. The number of non-ortho nitro benzene ring substituents is 1. The van der Waals surface area contributed by atoms with E-state index in [0.717, 1.165) is 12.1 Å². The van der Waals surface area contributed by atoms with Crippen LogP contribution in [0.15, 0.2) is 18.2 Å². The van der Waals surface area contributed by atoms with Crippen LogP contribution in [-0.2, 0) is 0 Å². The fraction of sp³-hybridized carbons (Fsp3) is 0.500. The Kier molecular flexibility index (Phi) is 5.26. The molecule has 21 heavy (non-hydrogen) atoms. The summed E-state index contributed by atoms with van der Waals surface area (Å²) < 4.78 is 0. The van der Waals surface area contributed by atoms with E-state index in [-0.39, 0.29) is 29.4 Å². The van der Waals surface area contributed by atoms with Gasteiger partial charge in [-0.1, -0.05) is 13.8 Å². The Morgan fingerprint density at radius 1 is 1.48 bits per heavy atom. The summed E-state index contributed by atoms with van der Waals surface area (Å²) in [7, 11) is 0. The summed E-state index contributed by atoms with van der Waals surface area (Å²) in [5.74, 6) is -0.915. The summed E-state index contributed by atoms with van der Waals surface area (Å²) in [6, 6.07) is 3.48. The number of rotatable bonds is 7. The maximum Gasteiger partial charge on any atom is 0.337 e. The molecule has 0 saturated heterocycles. The Morgan fingerprint density at radius 2 is 2.10 bits per heavy atom. The first-order valence-corrected chi connectivity index (χ1v) is 6.60. The van der Waals surface area contributed by atoms with Crippen LogP contribution in [0.3, 0.4) is 0 Å². The van der Waals surface area contributed by atoms with Gasteiger partial charge < -0.3 is 15.5 Å². The Bertz CT molecular complexity index is 540. The van der Waals surface area contributed by atoms with Crippen LogP contribution in [0.5, 0.6) is 0 Å². The standard InChI is InChI=1S/C14H20N2O5/c1-9(2)7-14(3,19)8-15-12-6-10(16(20)21)4-5-11(12)13(17)18/h4-6,9,15,19H,7-8H2,1-3H3,(H,17,18). The molecular formula is C14H20N2O5. The first-order valence-electron chi connectivity index (χ1n) is 6.60. The van der Waals surface area contributed by atoms with Gasteiger partial charge in [0.2, 0.25) is 0 Å². The predicted octanol–water partition coefficient (Wildman–Crippen LogP) is 2.50. The van der Waals surface area contributed by atoms with Gasteiger partial charge in [0, 0.05) is 18.7 Å². The molecule has 0 fully saturated rings. The van der Waals surface area contributed by atoms with Gasteiger partial charge in [0.15, 0.2) is 0 Å². The Labute approximate surface area is 122 Å². The molecule has 1 atom stereocenters. The molecular weight excluding hydrogens is 276 g/mol. The average molecular weight is 296 g/mol. The summed E-state index contributed by atoms with van der Waals surface area (Å²) in [5, 5.41) is 32.9. The summed E-state index contributed by atoms with van der Waals surface area (Å²) >= 11 is 0. The second-order valence-electron chi connectivity index (χ2n) is 5.74. The van der Waals surface area contributed by atoms with E-state index in [1.54, 1.807) is 6.92 Å². The molecule has 0 radical (unpaired) electrons. The molecule has 0 heterocycles. The second-order valence-corrected chi connectivity index (χ2v) is 5.74. The molecule has 0 aromatic heterocycles. The van der Waals surface area contributed by atoms with Crippen molar-refractivity contribution in [3.63, 3.8) is 0 Å². The van der Waals surface area contributed by atoms with Crippen molar-refractivity contribution in [2.45, 2.75) is 32.8 Å². The lowest BCUT2D eigenvalue weighted by Crippen LogP contribution is -2.35. The van der Waals surface area contributed by atoms with Gasteiger partial charge in [-0.25, -0.2) is 4.79 Å². The molecule has 0 amide bonds. The fourth-order valence-electron chi connectivity index (χ4n) is 2.22. The summed E-state index contributed by atoms with van der Waals surface area (Å²) in [5.41, 5.74) is -1.18. The minimum absolute atomic E-state index is 0.0686. The van der Waals surface area contributed by atoms with Gasteiger partial charge >= 0.3 is 5.97 Å². The van der Waals surface area contributed by atoms with Gasteiger partial charge in [0.1, 0.15) is 0 Å². The van der Waals surface area contributed by atoms with E-state index >= 15 is 0 Å². The van der Waals surface area contributed by atoms with Gasteiger partial charge in [-0.3, -0.25) is 10.1 Å². The van der Waals surface area contributed by atoms with Crippen LogP contribution in [0.1, 0.15) is 37.6 Å². The lowest BCUT2D eigenvalue weighted by Gasteiger charge is -2.26. The minimum Gasteiger partial charge on any atom is -0.478 e. The molecule has 1 aromatic rings. The van der Waals surface area contributed by atoms with Gasteiger partial charge in [0.25, 0.3) is 5.69 Å². The molecule has 7 nitrogen and oxygen atoms in total. The molecule has 1 unspecified atom stereocenters. The molecule has 116 valence electrons. The highest BCUT2D eigenvalue weighted by atomic mass is 16.6. The Balaban J connectivity index is 2.97. The highest BCUT2D eigenvalue weighted by Gasteiger charge is 2.23. The maximum atomic E-state index is 11.1. The van der Waals surface area contributed by atoms with E-state index in [1.807, 2.05) is 13.8 Å². The molecule has 3 N–H and O–H groups in total. The third kappa shape index (κ3) is 5.03. The van der Waals surface area contributed by atoms with E-state index < -0.39 is 16.5 Å². The number of aliphatic hydroxyl groups is 1. The molecule has 7 heteroatoms. The second kappa shape index (κ2) is 6.53. The predicted molar refractivity (Wildman–Crippen MR) is 78.6 cm³/mol. The van der Waals surface area contributed by atoms with E-state index in [2.05, 4.69) is 5.32 Å². The maximum absolute atomic E-state index is 11.1. The van der Waals surface area contributed by atoms with E-state index in [1.165, 1.54) is 6.07 Å². The quantitative estimate of drug-likeness (QED) is 0.526. The number of nitrogens with one attached hydrogen (secondary N) is 1. The first-order chi connectivity index (χ1) is 9.62. The molecule has 0 saturated carbocycles. The highest BCUT2D eigenvalue weighted by molar-refractivity contribution is 5.94. The number of anilines is 1. The van der Waals surface area contributed by atoms with Crippen LogP contribution < -0.4 is 5.32 Å². The van der Waals surface area contributed by atoms with Crippen molar-refractivity contribution in [3.8, 4) is 0 Å². The summed E-state index contributed by atoms with van der Waals surface area (Å²) in [6.45, 7) is 5.67. The third-order valence-electron chi connectivity index (χ3n) is 2.95. The molecule has 1 aromatic carbocycles. The number of aromatic carboxylic acids is 1. The number of nitro benzene ring substituents is 1. The Morgan fingerprint density at radius 3 is 2.57 bits per heavy atom. The first kappa shape index (κ1) is 16.9. The van der Waals surface area contributed by atoms with E-state index in [9.17, 15) is 20.0 Å². The summed E-state index contributed by atoms with van der Waals surface area (Å²) in [4.78, 5) is 21.3. The van der Waals surface area contributed by atoms with Crippen molar-refractivity contribution < 1.29 is 19.9 Å². The SMILES string of the molecule is CC(C)CC(C)(O)CNc1cc([N+](=O)[O-])ccc1C(=O)O. The molecule has 0 aliphatic heterocycles. The number of carbonyl (C=O) groups is 1. The van der Waals surface area contributed by atoms with Crippen molar-refractivity contribution in [2.24, 2.45) is 5.92 Å². The van der Waals surface area contributed by atoms with Crippen LogP contribution in [0.4, 0.5) is 11.4 Å². The van der Waals surface area contributed by atoms with E-state index in [0.29, 0.717) is 6.42 Å². The lowest BCUT2D eigenvalue weighted by molar-refractivity contribution is -0.384. The zero-order valence-corrected chi connectivity index (χ0v) is 12.3. The lowest BCUT2D eigenvalue weighted by atomic mass is 9.94. The van der Waals surface area contributed by atoms with Crippen molar-refractivity contribution in [3.05, 3.63) is 33.9 Å². The molecule has 1 rings (SSSR count). The van der Waals surface area contributed by atoms with Crippen molar-refractivity contribution in [1.29, 1.82) is 0 Å². The molecule has 0 spiro atoms. The summed E-state index contributed by atoms with van der Waals surface area (Å²) in [6.07, 6.45) is 0.525. The van der Waals surface area contributed by atoms with Crippen LogP contribution in [0.25, 0.3) is 0 Å². The van der Waals surface area contributed by atoms with E-state index in [4.69, 9.17) is 5.11 Å². The number of carboxylic acids is 1. The van der Waals surface area contributed by atoms with Gasteiger partial charge in [-0.05, 0) is 25.3 Å². The zero-order chi connectivity index (χ0) is 16.2. The Hall–Kier alpha value is -2.15. The largest absolute Gasteiger partial charge is 0.478 e. The third-order valence-corrected chi connectivity index (χ3v) is 2.95. The van der Waals surface area contributed by atoms with Crippen LogP contribution >= 0.6 is 0 Å². The molecule has 0 bridgehead atoms. The van der Waals surface area contributed by atoms with Crippen LogP contribution in [0, 0.1) is 16.0 Å². The number of carboxylic acid groups (broad SMARTS) is 1.